The molecule has 4 heteroatoms. The van der Waals surface area contributed by atoms with Crippen molar-refractivity contribution in [1.82, 2.24) is 4.90 Å². The zero-order chi connectivity index (χ0) is 11.1. The summed E-state index contributed by atoms with van der Waals surface area (Å²) < 4.78 is 5.27. The van der Waals surface area contributed by atoms with Gasteiger partial charge in [0.25, 0.3) is 0 Å². The molecular weight excluding hydrogens is 192 g/mol. The molecule has 1 rings (SSSR count). The molecule has 0 bridgehead atoms. The van der Waals surface area contributed by atoms with Crippen LogP contribution in [0.15, 0.2) is 16.5 Å². The maximum absolute atomic E-state index is 8.87. The highest BCUT2D eigenvalue weighted by atomic mass is 16.3. The zero-order valence-corrected chi connectivity index (χ0v) is 8.94. The minimum Gasteiger partial charge on any atom is -0.449 e. The molecule has 0 saturated carbocycles. The Bertz CT molecular complexity index is 322. The molecule has 15 heavy (non-hydrogen) atoms. The van der Waals surface area contributed by atoms with Crippen molar-refractivity contribution in [1.29, 1.82) is 5.26 Å². The van der Waals surface area contributed by atoms with Gasteiger partial charge in [-0.15, -0.1) is 0 Å². The lowest BCUT2D eigenvalue weighted by atomic mass is 10.3. The van der Waals surface area contributed by atoms with Crippen molar-refractivity contribution >= 4 is 0 Å². The molecular formula is C11H16N2O2. The van der Waals surface area contributed by atoms with Crippen molar-refractivity contribution in [3.05, 3.63) is 23.7 Å². The van der Waals surface area contributed by atoms with Crippen LogP contribution < -0.4 is 0 Å². The standard InChI is InChI=1S/C11H16N2O2/c1-2-5-13(6-7-14)9-11-4-3-10(8-12)15-11/h3-4,14H,2,5-7,9H2,1H3. The third-order valence-corrected chi connectivity index (χ3v) is 2.11. The first-order valence-electron chi connectivity index (χ1n) is 5.12. The number of hydrogen-bond donors (Lipinski definition) is 1. The summed E-state index contributed by atoms with van der Waals surface area (Å²) in [6.45, 7) is 4.44. The summed E-state index contributed by atoms with van der Waals surface area (Å²) in [6, 6.07) is 5.42. The van der Waals surface area contributed by atoms with Gasteiger partial charge in [-0.1, -0.05) is 6.92 Å². The van der Waals surface area contributed by atoms with E-state index in [0.717, 1.165) is 18.7 Å². The van der Waals surface area contributed by atoms with Crippen molar-refractivity contribution in [3.63, 3.8) is 0 Å². The molecule has 1 aromatic heterocycles. The molecule has 0 spiro atoms. The Morgan fingerprint density at radius 3 is 2.80 bits per heavy atom. The van der Waals surface area contributed by atoms with Gasteiger partial charge >= 0.3 is 0 Å². The van der Waals surface area contributed by atoms with Crippen LogP contribution in [0.1, 0.15) is 24.9 Å². The largest absolute Gasteiger partial charge is 0.449 e. The van der Waals surface area contributed by atoms with Gasteiger partial charge in [0.1, 0.15) is 11.8 Å². The Kier molecular flexibility index (Phi) is 4.88. The van der Waals surface area contributed by atoms with Gasteiger partial charge in [0, 0.05) is 6.54 Å². The van der Waals surface area contributed by atoms with Crippen molar-refractivity contribution in [2.45, 2.75) is 19.9 Å². The maximum Gasteiger partial charge on any atom is 0.203 e. The van der Waals surface area contributed by atoms with Gasteiger partial charge in [-0.3, -0.25) is 4.90 Å². The molecule has 0 aromatic carbocycles. The predicted octanol–water partition coefficient (Wildman–Crippen LogP) is 1.36. The summed E-state index contributed by atoms with van der Waals surface area (Å²) in [5.74, 6) is 1.11. The monoisotopic (exact) mass is 208 g/mol. The van der Waals surface area contributed by atoms with Gasteiger partial charge < -0.3 is 9.52 Å². The van der Waals surface area contributed by atoms with Crippen molar-refractivity contribution in [2.24, 2.45) is 0 Å². The lowest BCUT2D eigenvalue weighted by Gasteiger charge is -2.18. The topological polar surface area (TPSA) is 60.4 Å². The van der Waals surface area contributed by atoms with E-state index in [4.69, 9.17) is 14.8 Å². The highest BCUT2D eigenvalue weighted by molar-refractivity contribution is 5.18. The van der Waals surface area contributed by atoms with Crippen LogP contribution in [0.2, 0.25) is 0 Å². The summed E-state index contributed by atoms with van der Waals surface area (Å²) in [7, 11) is 0. The lowest BCUT2D eigenvalue weighted by Crippen LogP contribution is -2.27. The normalized spacial score (nSPS) is 10.5. The summed E-state index contributed by atoms with van der Waals surface area (Å²) in [4.78, 5) is 2.10. The van der Waals surface area contributed by atoms with Crippen LogP contribution in [-0.2, 0) is 6.54 Å². The Morgan fingerprint density at radius 1 is 1.47 bits per heavy atom. The molecule has 0 aliphatic heterocycles. The van der Waals surface area contributed by atoms with E-state index in [1.54, 1.807) is 12.1 Å². The number of nitrogens with zero attached hydrogens (tertiary/aromatic N) is 2. The van der Waals surface area contributed by atoms with Crippen LogP contribution in [0.3, 0.4) is 0 Å². The molecule has 0 amide bonds. The Hall–Kier alpha value is -1.31. The molecule has 1 heterocycles. The molecule has 0 aliphatic carbocycles. The fraction of sp³-hybridized carbons (Fsp3) is 0.545. The van der Waals surface area contributed by atoms with E-state index >= 15 is 0 Å². The van der Waals surface area contributed by atoms with E-state index in [1.165, 1.54) is 0 Å². The first-order valence-corrected chi connectivity index (χ1v) is 5.12. The minimum atomic E-state index is 0.145. The number of aliphatic hydroxyl groups excluding tert-OH is 1. The summed E-state index contributed by atoms with van der Waals surface area (Å²) in [5.41, 5.74) is 0. The van der Waals surface area contributed by atoms with E-state index in [9.17, 15) is 0 Å². The fourth-order valence-electron chi connectivity index (χ4n) is 1.47. The van der Waals surface area contributed by atoms with Gasteiger partial charge in [-0.05, 0) is 25.1 Å². The third-order valence-electron chi connectivity index (χ3n) is 2.11. The van der Waals surface area contributed by atoms with Gasteiger partial charge in [-0.25, -0.2) is 0 Å². The lowest BCUT2D eigenvalue weighted by molar-refractivity contribution is 0.181. The molecule has 82 valence electrons. The average Bonchev–Trinajstić information content (AvgIpc) is 2.66. The molecule has 0 fully saturated rings. The van der Waals surface area contributed by atoms with E-state index in [2.05, 4.69) is 11.8 Å². The van der Waals surface area contributed by atoms with E-state index in [0.29, 0.717) is 18.8 Å². The number of rotatable bonds is 6. The van der Waals surface area contributed by atoms with Crippen LogP contribution in [0.25, 0.3) is 0 Å². The minimum absolute atomic E-state index is 0.145. The highest BCUT2D eigenvalue weighted by Gasteiger charge is 2.07. The molecule has 0 saturated heterocycles. The quantitative estimate of drug-likeness (QED) is 0.766. The van der Waals surface area contributed by atoms with Gasteiger partial charge in [0.15, 0.2) is 0 Å². The van der Waals surface area contributed by atoms with Gasteiger partial charge in [0.2, 0.25) is 5.76 Å². The van der Waals surface area contributed by atoms with Gasteiger partial charge in [-0.2, -0.15) is 5.26 Å². The molecule has 0 aliphatic rings. The number of furan rings is 1. The van der Waals surface area contributed by atoms with Crippen molar-refractivity contribution < 1.29 is 9.52 Å². The second kappa shape index (κ2) is 6.23. The number of hydrogen-bond acceptors (Lipinski definition) is 4. The first kappa shape index (κ1) is 11.8. The van der Waals surface area contributed by atoms with Crippen molar-refractivity contribution in [2.75, 3.05) is 19.7 Å². The number of nitriles is 1. The molecule has 0 unspecified atom stereocenters. The second-order valence-electron chi connectivity index (χ2n) is 3.38. The van der Waals surface area contributed by atoms with Gasteiger partial charge in [0.05, 0.1) is 13.2 Å². The van der Waals surface area contributed by atoms with E-state index < -0.39 is 0 Å². The predicted molar refractivity (Wildman–Crippen MR) is 56.1 cm³/mol. The molecule has 0 radical (unpaired) electrons. The van der Waals surface area contributed by atoms with E-state index in [-0.39, 0.29) is 6.61 Å². The molecule has 4 nitrogen and oxygen atoms in total. The summed E-state index contributed by atoms with van der Waals surface area (Å²) in [5, 5.41) is 17.5. The third kappa shape index (κ3) is 3.74. The Labute approximate surface area is 89.7 Å². The van der Waals surface area contributed by atoms with Crippen LogP contribution in [0.5, 0.6) is 0 Å². The number of aliphatic hydroxyl groups is 1. The average molecular weight is 208 g/mol. The Balaban J connectivity index is 2.53. The first-order chi connectivity index (χ1) is 7.30. The maximum atomic E-state index is 8.87. The Morgan fingerprint density at radius 2 is 2.27 bits per heavy atom. The zero-order valence-electron chi connectivity index (χ0n) is 8.94. The smallest absolute Gasteiger partial charge is 0.203 e. The SMILES string of the molecule is CCCN(CCO)Cc1ccc(C#N)o1. The molecule has 1 N–H and O–H groups in total. The summed E-state index contributed by atoms with van der Waals surface area (Å²) >= 11 is 0. The highest BCUT2D eigenvalue weighted by Crippen LogP contribution is 2.09. The second-order valence-corrected chi connectivity index (χ2v) is 3.38. The summed E-state index contributed by atoms with van der Waals surface area (Å²) in [6.07, 6.45) is 1.03. The molecule has 1 aromatic rings. The van der Waals surface area contributed by atoms with Crippen LogP contribution in [0.4, 0.5) is 0 Å². The van der Waals surface area contributed by atoms with Crippen LogP contribution in [0, 0.1) is 11.3 Å². The fourth-order valence-corrected chi connectivity index (χ4v) is 1.47. The van der Waals surface area contributed by atoms with Crippen LogP contribution in [-0.4, -0.2) is 29.7 Å². The molecule has 0 atom stereocenters. The van der Waals surface area contributed by atoms with E-state index in [1.807, 2.05) is 6.07 Å². The van der Waals surface area contributed by atoms with Crippen molar-refractivity contribution in [3.8, 4) is 6.07 Å². The van der Waals surface area contributed by atoms with Crippen LogP contribution >= 0.6 is 0 Å².